The van der Waals surface area contributed by atoms with Crippen LogP contribution in [-0.4, -0.2) is 30.8 Å². The van der Waals surface area contributed by atoms with Crippen LogP contribution in [0.25, 0.3) is 0 Å². The molecule has 2 rings (SSSR count). The Balaban J connectivity index is 2.18. The van der Waals surface area contributed by atoms with Crippen LogP contribution in [0.5, 0.6) is 0 Å². The van der Waals surface area contributed by atoms with Gasteiger partial charge in [0.2, 0.25) is 0 Å². The minimum absolute atomic E-state index is 0.00767. The summed E-state index contributed by atoms with van der Waals surface area (Å²) in [5.74, 6) is -0.392. The number of benzene rings is 1. The molecule has 0 saturated heterocycles. The topological polar surface area (TPSA) is 93.5 Å². The number of amides is 1. The molecular formula is C21H25F3N4OS. The standard InChI is InChI=1S/C21H25F3N4OS/c1-3-27-19(13(2)10-25)15-9-18(30-12-15)20(29)28-16(11-26)8-14-6-4-5-7-17(14)21(22,23)24/h4-7,9-10,12,16H,3,8,11,25-26H2,1-2H3,(H,28,29)/t16-/m0/s1. The van der Waals surface area contributed by atoms with E-state index in [1.54, 1.807) is 11.4 Å². The number of nitrogens with one attached hydrogen (secondary N) is 1. The first kappa shape index (κ1) is 23.6. The number of hydrogen-bond acceptors (Lipinski definition) is 5. The fourth-order valence-electron chi connectivity index (χ4n) is 2.95. The van der Waals surface area contributed by atoms with Crippen molar-refractivity contribution in [1.29, 1.82) is 0 Å². The average Bonchev–Trinajstić information content (AvgIpc) is 3.20. The van der Waals surface area contributed by atoms with Gasteiger partial charge in [0.15, 0.2) is 0 Å². The smallest absolute Gasteiger partial charge is 0.404 e. The second-order valence-corrected chi connectivity index (χ2v) is 7.55. The minimum Gasteiger partial charge on any atom is -0.404 e. The molecule has 162 valence electrons. The molecule has 0 saturated carbocycles. The van der Waals surface area contributed by atoms with E-state index in [4.69, 9.17) is 11.5 Å². The van der Waals surface area contributed by atoms with Crippen molar-refractivity contribution in [2.24, 2.45) is 16.5 Å². The fraction of sp³-hybridized carbons (Fsp3) is 0.333. The number of nitrogens with two attached hydrogens (primary N) is 2. The van der Waals surface area contributed by atoms with Gasteiger partial charge in [-0.15, -0.1) is 11.3 Å². The van der Waals surface area contributed by atoms with E-state index in [0.717, 1.165) is 17.2 Å². The van der Waals surface area contributed by atoms with Gasteiger partial charge in [0.25, 0.3) is 5.91 Å². The molecule has 5 N–H and O–H groups in total. The number of halogens is 3. The fourth-order valence-corrected chi connectivity index (χ4v) is 3.74. The van der Waals surface area contributed by atoms with Crippen LogP contribution in [0.15, 0.2) is 52.5 Å². The van der Waals surface area contributed by atoms with Gasteiger partial charge in [-0.2, -0.15) is 13.2 Å². The van der Waals surface area contributed by atoms with Gasteiger partial charge in [-0.25, -0.2) is 0 Å². The monoisotopic (exact) mass is 438 g/mol. The van der Waals surface area contributed by atoms with Gasteiger partial charge in [0, 0.05) is 30.1 Å². The SMILES string of the molecule is CCN=C(C(C)=CN)c1csc(C(=O)N[C@H](CN)Cc2ccccc2C(F)(F)F)c1. The largest absolute Gasteiger partial charge is 0.416 e. The number of alkyl halides is 3. The van der Waals surface area contributed by atoms with Crippen molar-refractivity contribution in [3.8, 4) is 0 Å². The molecule has 5 nitrogen and oxygen atoms in total. The van der Waals surface area contributed by atoms with Crippen molar-refractivity contribution in [3.05, 3.63) is 69.1 Å². The van der Waals surface area contributed by atoms with Crippen LogP contribution in [0.1, 0.15) is 40.2 Å². The van der Waals surface area contributed by atoms with Crippen LogP contribution >= 0.6 is 11.3 Å². The Kier molecular flexibility index (Phi) is 8.19. The zero-order valence-electron chi connectivity index (χ0n) is 16.8. The summed E-state index contributed by atoms with van der Waals surface area (Å²) in [7, 11) is 0. The Morgan fingerprint density at radius 3 is 2.63 bits per heavy atom. The van der Waals surface area contributed by atoms with E-state index in [-0.39, 0.29) is 18.5 Å². The maximum atomic E-state index is 13.2. The highest BCUT2D eigenvalue weighted by molar-refractivity contribution is 7.12. The van der Waals surface area contributed by atoms with Gasteiger partial charge in [0.05, 0.1) is 16.2 Å². The molecule has 2 aromatic rings. The second-order valence-electron chi connectivity index (χ2n) is 6.64. The Morgan fingerprint density at radius 2 is 2.03 bits per heavy atom. The summed E-state index contributed by atoms with van der Waals surface area (Å²) in [4.78, 5) is 17.5. The summed E-state index contributed by atoms with van der Waals surface area (Å²) in [5, 5.41) is 4.54. The van der Waals surface area contributed by atoms with Gasteiger partial charge >= 0.3 is 6.18 Å². The minimum atomic E-state index is -4.47. The molecule has 0 spiro atoms. The Bertz CT molecular complexity index is 934. The van der Waals surface area contributed by atoms with Gasteiger partial charge in [-0.3, -0.25) is 9.79 Å². The van der Waals surface area contributed by atoms with Crippen molar-refractivity contribution in [1.82, 2.24) is 5.32 Å². The molecule has 9 heteroatoms. The molecular weight excluding hydrogens is 413 g/mol. The van der Waals surface area contributed by atoms with Crippen molar-refractivity contribution in [3.63, 3.8) is 0 Å². The predicted octanol–water partition coefficient (Wildman–Crippen LogP) is 3.74. The molecule has 1 heterocycles. The quantitative estimate of drug-likeness (QED) is 0.548. The number of allylic oxidation sites excluding steroid dienone is 1. The predicted molar refractivity (Wildman–Crippen MR) is 115 cm³/mol. The normalized spacial score (nSPS) is 13.9. The van der Waals surface area contributed by atoms with Crippen LogP contribution in [0.3, 0.4) is 0 Å². The molecule has 0 radical (unpaired) electrons. The number of carbonyl (C=O) groups excluding carboxylic acids is 1. The molecule has 0 aliphatic heterocycles. The average molecular weight is 439 g/mol. The van der Waals surface area contributed by atoms with Crippen LogP contribution in [0, 0.1) is 0 Å². The lowest BCUT2D eigenvalue weighted by atomic mass is 9.99. The Morgan fingerprint density at radius 1 is 1.33 bits per heavy atom. The number of hydrogen-bond donors (Lipinski definition) is 3. The van der Waals surface area contributed by atoms with Crippen molar-refractivity contribution < 1.29 is 18.0 Å². The van der Waals surface area contributed by atoms with E-state index in [1.165, 1.54) is 35.7 Å². The van der Waals surface area contributed by atoms with Crippen molar-refractivity contribution >= 4 is 23.0 Å². The summed E-state index contributed by atoms with van der Waals surface area (Å²) >= 11 is 1.22. The summed E-state index contributed by atoms with van der Waals surface area (Å²) in [6.45, 7) is 4.29. The summed E-state index contributed by atoms with van der Waals surface area (Å²) < 4.78 is 39.7. The zero-order chi connectivity index (χ0) is 22.3. The van der Waals surface area contributed by atoms with E-state index in [2.05, 4.69) is 10.3 Å². The number of nitrogens with zero attached hydrogens (tertiary/aromatic N) is 1. The maximum absolute atomic E-state index is 13.2. The van der Waals surface area contributed by atoms with Gasteiger partial charge in [-0.1, -0.05) is 18.2 Å². The van der Waals surface area contributed by atoms with Crippen molar-refractivity contribution in [2.75, 3.05) is 13.1 Å². The summed E-state index contributed by atoms with van der Waals surface area (Å²) in [6, 6.07) is 6.35. The maximum Gasteiger partial charge on any atom is 0.416 e. The van der Waals surface area contributed by atoms with Crippen LogP contribution in [0.4, 0.5) is 13.2 Å². The lowest BCUT2D eigenvalue weighted by Crippen LogP contribution is -2.41. The third-order valence-electron chi connectivity index (χ3n) is 4.45. The van der Waals surface area contributed by atoms with Crippen LogP contribution < -0.4 is 16.8 Å². The highest BCUT2D eigenvalue weighted by Crippen LogP contribution is 2.32. The zero-order valence-corrected chi connectivity index (χ0v) is 17.6. The third kappa shape index (κ3) is 5.93. The number of rotatable bonds is 8. The number of carbonyl (C=O) groups is 1. The molecule has 0 bridgehead atoms. The molecule has 1 aromatic heterocycles. The lowest BCUT2D eigenvalue weighted by Gasteiger charge is -2.19. The van der Waals surface area contributed by atoms with Gasteiger partial charge in [-0.05, 0) is 49.7 Å². The highest BCUT2D eigenvalue weighted by Gasteiger charge is 2.33. The van der Waals surface area contributed by atoms with Crippen LogP contribution in [-0.2, 0) is 12.6 Å². The molecule has 30 heavy (non-hydrogen) atoms. The first-order valence-electron chi connectivity index (χ1n) is 9.39. The third-order valence-corrected chi connectivity index (χ3v) is 5.37. The molecule has 0 unspecified atom stereocenters. The van der Waals surface area contributed by atoms with E-state index in [0.29, 0.717) is 17.1 Å². The second kappa shape index (κ2) is 10.4. The van der Waals surface area contributed by atoms with E-state index < -0.39 is 23.7 Å². The first-order chi connectivity index (χ1) is 14.2. The van der Waals surface area contributed by atoms with E-state index in [9.17, 15) is 18.0 Å². The molecule has 0 fully saturated rings. The molecule has 1 aromatic carbocycles. The van der Waals surface area contributed by atoms with Gasteiger partial charge < -0.3 is 16.8 Å². The first-order valence-corrected chi connectivity index (χ1v) is 10.3. The Labute approximate surface area is 177 Å². The van der Waals surface area contributed by atoms with E-state index in [1.807, 2.05) is 13.8 Å². The Hall–Kier alpha value is -2.65. The molecule has 0 aliphatic rings. The van der Waals surface area contributed by atoms with Gasteiger partial charge in [0.1, 0.15) is 0 Å². The lowest BCUT2D eigenvalue weighted by molar-refractivity contribution is -0.138. The van der Waals surface area contributed by atoms with Crippen molar-refractivity contribution in [2.45, 2.75) is 32.5 Å². The van der Waals surface area contributed by atoms with Crippen LogP contribution in [0.2, 0.25) is 0 Å². The molecule has 1 amide bonds. The summed E-state index contributed by atoms with van der Waals surface area (Å²) in [5.41, 5.74) is 12.9. The summed E-state index contributed by atoms with van der Waals surface area (Å²) in [6.07, 6.45) is -3.03. The number of aliphatic imine (C=N–C) groups is 1. The highest BCUT2D eigenvalue weighted by atomic mass is 32.1. The van der Waals surface area contributed by atoms with E-state index >= 15 is 0 Å². The number of thiophene rings is 1. The molecule has 0 aliphatic carbocycles. The molecule has 1 atom stereocenters.